The number of aromatic nitrogens is 1. The molecule has 0 N–H and O–H groups in total. The van der Waals surface area contributed by atoms with Crippen LogP contribution in [-0.2, 0) is 10.8 Å². The largest absolute Gasteiger partial charge is 0.310 e. The third-order valence-corrected chi connectivity index (χ3v) is 19.4. The highest BCUT2D eigenvalue weighted by molar-refractivity contribution is 8.00. The van der Waals surface area contributed by atoms with Crippen LogP contribution in [0.1, 0.15) is 52.7 Å². The standard InChI is InChI=1S/C82H63BN2S/c1-81(2,3)58-47-66(52-25-11-7-12-26-52)80(67(48-58)53-27-13-8-14-28-53)85-73-46-57(56-39-42-65-68(45-56)78(55-31-17-10-18-32-55)64-36-20-19-35-63(64)77(65)54-29-15-9-16-30-54)40-43-69(73)83-70-44-41-60(84-71-37-23-21-33-61(71)62-34-22-24-38-72(62)84)51-75(70)86-76-50-59(82(4,5)6)49-74(85)79(76)83/h7-51H,1-6H3. The van der Waals surface area contributed by atoms with Crippen molar-refractivity contribution in [2.75, 3.05) is 4.90 Å². The number of benzene rings is 13. The SMILES string of the molecule is CC(C)(C)c1cc(-c2ccccc2)c(N2c3cc(-c4ccc5c(-c6ccccc6)c6ccccc6c(-c6ccccc6)c5c4)ccc3B3c4ccc(-n5c6ccccc6c6ccccc65)cc4Sc4cc(C(C)(C)C)cc2c43)c(-c2ccccc2)c1. The van der Waals surface area contributed by atoms with E-state index in [1.54, 1.807) is 0 Å². The van der Waals surface area contributed by atoms with Gasteiger partial charge in [0.25, 0.3) is 0 Å². The first-order chi connectivity index (χ1) is 41.9. The molecule has 410 valence electrons. The molecule has 14 aromatic rings. The van der Waals surface area contributed by atoms with Gasteiger partial charge in [0.05, 0.1) is 16.7 Å². The molecule has 0 saturated carbocycles. The van der Waals surface area contributed by atoms with Crippen LogP contribution >= 0.6 is 11.8 Å². The Hall–Kier alpha value is -9.61. The summed E-state index contributed by atoms with van der Waals surface area (Å²) in [5.74, 6) is 0. The molecule has 0 radical (unpaired) electrons. The van der Waals surface area contributed by atoms with Gasteiger partial charge in [0.2, 0.25) is 6.71 Å². The molecular weight excluding hydrogens is 1060 g/mol. The van der Waals surface area contributed by atoms with Gasteiger partial charge in [0, 0.05) is 48.8 Å². The Labute approximate surface area is 509 Å². The Kier molecular flexibility index (Phi) is 12.1. The summed E-state index contributed by atoms with van der Waals surface area (Å²) in [6.07, 6.45) is 0. The molecule has 0 atom stereocenters. The minimum atomic E-state index is -0.161. The first kappa shape index (κ1) is 52.0. The zero-order valence-corrected chi connectivity index (χ0v) is 50.2. The molecule has 16 rings (SSSR count). The van der Waals surface area contributed by atoms with E-state index in [-0.39, 0.29) is 17.5 Å². The quantitative estimate of drug-likeness (QED) is 0.116. The lowest BCUT2D eigenvalue weighted by molar-refractivity contribution is 0.589. The third-order valence-electron chi connectivity index (χ3n) is 18.3. The maximum absolute atomic E-state index is 2.70. The van der Waals surface area contributed by atoms with E-state index in [0.29, 0.717) is 0 Å². The maximum atomic E-state index is 2.70. The average Bonchev–Trinajstić information content (AvgIpc) is 0.995. The van der Waals surface area contributed by atoms with Crippen LogP contribution in [0.25, 0.3) is 105 Å². The molecular formula is C82H63BN2S. The second-order valence-corrected chi connectivity index (χ2v) is 26.7. The molecule has 0 fully saturated rings. The molecule has 4 heteroatoms. The highest BCUT2D eigenvalue weighted by Crippen LogP contribution is 2.53. The van der Waals surface area contributed by atoms with E-state index in [9.17, 15) is 0 Å². The van der Waals surface area contributed by atoms with Crippen molar-refractivity contribution in [1.29, 1.82) is 0 Å². The van der Waals surface area contributed by atoms with Crippen LogP contribution in [0.4, 0.5) is 17.1 Å². The number of anilines is 3. The minimum Gasteiger partial charge on any atom is -0.310 e. The number of hydrogen-bond acceptors (Lipinski definition) is 2. The number of rotatable bonds is 7. The van der Waals surface area contributed by atoms with Crippen molar-refractivity contribution >= 4 is 95.3 Å². The number of hydrogen-bond donors (Lipinski definition) is 0. The van der Waals surface area contributed by atoms with Crippen LogP contribution in [0.5, 0.6) is 0 Å². The fourth-order valence-electron chi connectivity index (χ4n) is 14.1. The molecule has 2 nitrogen and oxygen atoms in total. The van der Waals surface area contributed by atoms with Gasteiger partial charge in [-0.2, -0.15) is 0 Å². The van der Waals surface area contributed by atoms with Gasteiger partial charge >= 0.3 is 0 Å². The van der Waals surface area contributed by atoms with Gasteiger partial charge in [-0.3, -0.25) is 0 Å². The second kappa shape index (κ2) is 20.0. The van der Waals surface area contributed by atoms with Crippen LogP contribution in [0.15, 0.2) is 283 Å². The molecule has 2 aliphatic heterocycles. The summed E-state index contributed by atoms with van der Waals surface area (Å²) in [7, 11) is 0. The molecule has 0 amide bonds. The van der Waals surface area contributed by atoms with Gasteiger partial charge in [-0.05, 0) is 160 Å². The molecule has 0 saturated heterocycles. The van der Waals surface area contributed by atoms with Crippen molar-refractivity contribution in [3.8, 4) is 61.3 Å². The van der Waals surface area contributed by atoms with Crippen molar-refractivity contribution in [2.45, 2.75) is 62.2 Å². The summed E-state index contributed by atoms with van der Waals surface area (Å²) in [5, 5.41) is 7.51. The van der Waals surface area contributed by atoms with Gasteiger partial charge in [-0.1, -0.05) is 271 Å². The number of fused-ring (bicyclic) bond motifs is 9. The van der Waals surface area contributed by atoms with Gasteiger partial charge in [0.15, 0.2) is 0 Å². The van der Waals surface area contributed by atoms with Crippen LogP contribution in [0.3, 0.4) is 0 Å². The van der Waals surface area contributed by atoms with E-state index >= 15 is 0 Å². The summed E-state index contributed by atoms with van der Waals surface area (Å²) in [6, 6.07) is 103. The average molecular weight is 1120 g/mol. The maximum Gasteiger partial charge on any atom is 0.249 e. The van der Waals surface area contributed by atoms with Crippen molar-refractivity contribution in [3.63, 3.8) is 0 Å². The molecule has 86 heavy (non-hydrogen) atoms. The lowest BCUT2D eigenvalue weighted by atomic mass is 9.34. The van der Waals surface area contributed by atoms with Crippen molar-refractivity contribution < 1.29 is 0 Å². The molecule has 0 unspecified atom stereocenters. The van der Waals surface area contributed by atoms with Gasteiger partial charge in [0.1, 0.15) is 0 Å². The van der Waals surface area contributed by atoms with Crippen LogP contribution in [0, 0.1) is 0 Å². The zero-order chi connectivity index (χ0) is 58.0. The molecule has 2 aliphatic rings. The summed E-state index contributed by atoms with van der Waals surface area (Å²) in [6.45, 7) is 14.1. The van der Waals surface area contributed by atoms with Gasteiger partial charge in [-0.25, -0.2) is 0 Å². The summed E-state index contributed by atoms with van der Waals surface area (Å²) >= 11 is 1.94. The second-order valence-electron chi connectivity index (χ2n) is 25.6. The highest BCUT2D eigenvalue weighted by atomic mass is 32.2. The van der Waals surface area contributed by atoms with Gasteiger partial charge < -0.3 is 9.47 Å². The molecule has 13 aromatic carbocycles. The number of nitrogens with zero attached hydrogens (tertiary/aromatic N) is 2. The monoisotopic (exact) mass is 1120 g/mol. The minimum absolute atomic E-state index is 0.0481. The lowest BCUT2D eigenvalue weighted by Gasteiger charge is -2.43. The Morgan fingerprint density at radius 2 is 0.779 bits per heavy atom. The lowest BCUT2D eigenvalue weighted by Crippen LogP contribution is -2.60. The van der Waals surface area contributed by atoms with Crippen molar-refractivity contribution in [2.24, 2.45) is 0 Å². The topological polar surface area (TPSA) is 8.17 Å². The van der Waals surface area contributed by atoms with E-state index in [0.717, 1.165) is 0 Å². The smallest absolute Gasteiger partial charge is 0.249 e. The highest BCUT2D eigenvalue weighted by Gasteiger charge is 2.43. The summed E-state index contributed by atoms with van der Waals surface area (Å²) in [5.41, 5.74) is 25.6. The molecule has 0 bridgehead atoms. The van der Waals surface area contributed by atoms with Crippen LogP contribution < -0.4 is 21.3 Å². The van der Waals surface area contributed by atoms with E-state index in [4.69, 9.17) is 0 Å². The van der Waals surface area contributed by atoms with E-state index in [1.165, 1.54) is 159 Å². The Bertz CT molecular complexity index is 4920. The predicted octanol–water partition coefficient (Wildman–Crippen LogP) is 20.8. The molecule has 0 spiro atoms. The normalized spacial score (nSPS) is 12.9. The Balaban J connectivity index is 1.00. The third kappa shape index (κ3) is 8.40. The molecule has 3 heterocycles. The van der Waals surface area contributed by atoms with Crippen LogP contribution in [0.2, 0.25) is 0 Å². The summed E-state index contributed by atoms with van der Waals surface area (Å²) in [4.78, 5) is 5.30. The van der Waals surface area contributed by atoms with Crippen molar-refractivity contribution in [3.05, 3.63) is 284 Å². The molecule has 0 aliphatic carbocycles. The first-order valence-electron chi connectivity index (χ1n) is 30.3. The first-order valence-corrected chi connectivity index (χ1v) is 31.1. The Morgan fingerprint density at radius 1 is 0.326 bits per heavy atom. The van der Waals surface area contributed by atoms with E-state index < -0.39 is 0 Å². The Morgan fingerprint density at radius 3 is 1.34 bits per heavy atom. The molecule has 1 aromatic heterocycles. The number of para-hydroxylation sites is 2. The fourth-order valence-corrected chi connectivity index (χ4v) is 15.3. The fraction of sp³-hybridized carbons (Fsp3) is 0.0976. The summed E-state index contributed by atoms with van der Waals surface area (Å²) < 4.78 is 2.47. The zero-order valence-electron chi connectivity index (χ0n) is 49.4. The van der Waals surface area contributed by atoms with E-state index in [2.05, 4.69) is 324 Å². The van der Waals surface area contributed by atoms with Crippen LogP contribution in [-0.4, -0.2) is 11.3 Å². The van der Waals surface area contributed by atoms with Gasteiger partial charge in [-0.15, -0.1) is 0 Å². The van der Waals surface area contributed by atoms with Crippen molar-refractivity contribution in [1.82, 2.24) is 4.57 Å². The predicted molar refractivity (Wildman–Crippen MR) is 370 cm³/mol. The van der Waals surface area contributed by atoms with E-state index in [1.807, 2.05) is 11.8 Å².